The van der Waals surface area contributed by atoms with Gasteiger partial charge in [0.15, 0.2) is 5.82 Å². The number of urea groups is 1. The summed E-state index contributed by atoms with van der Waals surface area (Å²) in [6.45, 7) is 7.06. The molecule has 1 aliphatic carbocycles. The van der Waals surface area contributed by atoms with Crippen molar-refractivity contribution in [2.75, 3.05) is 31.1 Å². The van der Waals surface area contributed by atoms with Crippen LogP contribution in [-0.2, 0) is 12.8 Å². The van der Waals surface area contributed by atoms with Crippen LogP contribution < -0.4 is 10.2 Å². The quantitative estimate of drug-likeness (QED) is 0.889. The van der Waals surface area contributed by atoms with Crippen LogP contribution >= 0.6 is 0 Å². The molecule has 1 aliphatic heterocycles. The third kappa shape index (κ3) is 3.09. The van der Waals surface area contributed by atoms with Gasteiger partial charge in [-0.25, -0.2) is 4.79 Å². The first kappa shape index (κ1) is 14.1. The molecule has 2 aliphatic rings. The minimum absolute atomic E-state index is 0.0321. The molecule has 1 aromatic rings. The van der Waals surface area contributed by atoms with E-state index >= 15 is 0 Å². The number of carbonyl (C=O) groups excluding carboxylic acids is 1. The molecule has 0 saturated carbocycles. The number of rotatable bonds is 2. The molecule has 0 radical (unpaired) electrons. The lowest BCUT2D eigenvalue weighted by Gasteiger charge is -2.35. The van der Waals surface area contributed by atoms with Gasteiger partial charge in [-0.2, -0.15) is 5.10 Å². The van der Waals surface area contributed by atoms with E-state index in [0.29, 0.717) is 0 Å². The van der Waals surface area contributed by atoms with E-state index in [0.717, 1.165) is 50.5 Å². The summed E-state index contributed by atoms with van der Waals surface area (Å²) >= 11 is 0. The Balaban J connectivity index is 1.59. The van der Waals surface area contributed by atoms with Crippen LogP contribution in [0.1, 0.15) is 31.5 Å². The molecule has 6 nitrogen and oxygen atoms in total. The average molecular weight is 289 g/mol. The second kappa shape index (κ2) is 5.87. The number of hydrogen-bond acceptors (Lipinski definition) is 4. The molecular weight excluding hydrogens is 266 g/mol. The van der Waals surface area contributed by atoms with Crippen LogP contribution in [0.5, 0.6) is 0 Å². The highest BCUT2D eigenvalue weighted by molar-refractivity contribution is 5.74. The highest BCUT2D eigenvalue weighted by Gasteiger charge is 2.23. The van der Waals surface area contributed by atoms with Crippen molar-refractivity contribution in [3.63, 3.8) is 0 Å². The minimum atomic E-state index is 0.0321. The second-order valence-electron chi connectivity index (χ2n) is 6.11. The number of anilines is 1. The predicted octanol–water partition coefficient (Wildman–Crippen LogP) is 1.21. The smallest absolute Gasteiger partial charge is 0.317 e. The third-order valence-electron chi connectivity index (χ3n) is 4.11. The first-order valence-electron chi connectivity index (χ1n) is 7.79. The van der Waals surface area contributed by atoms with Crippen molar-refractivity contribution >= 4 is 11.8 Å². The van der Waals surface area contributed by atoms with Crippen LogP contribution in [0.15, 0.2) is 6.07 Å². The molecule has 1 aromatic heterocycles. The van der Waals surface area contributed by atoms with E-state index in [1.807, 2.05) is 18.7 Å². The number of piperazine rings is 1. The topological polar surface area (TPSA) is 61.4 Å². The summed E-state index contributed by atoms with van der Waals surface area (Å²) in [6, 6.07) is 2.39. The molecule has 114 valence electrons. The molecule has 1 N–H and O–H groups in total. The van der Waals surface area contributed by atoms with Gasteiger partial charge in [-0.3, -0.25) is 0 Å². The van der Waals surface area contributed by atoms with Crippen molar-refractivity contribution < 1.29 is 4.79 Å². The number of carbonyl (C=O) groups is 1. The Morgan fingerprint density at radius 2 is 1.95 bits per heavy atom. The van der Waals surface area contributed by atoms with Crippen molar-refractivity contribution in [2.24, 2.45) is 0 Å². The van der Waals surface area contributed by atoms with Crippen molar-refractivity contribution in [2.45, 2.75) is 39.2 Å². The van der Waals surface area contributed by atoms with Gasteiger partial charge in [0.05, 0.1) is 5.69 Å². The highest BCUT2D eigenvalue weighted by Crippen LogP contribution is 2.23. The Morgan fingerprint density at radius 3 is 2.67 bits per heavy atom. The average Bonchev–Trinajstić information content (AvgIpc) is 2.94. The third-order valence-corrected chi connectivity index (χ3v) is 4.11. The fourth-order valence-corrected chi connectivity index (χ4v) is 2.95. The number of hydrogen-bond donors (Lipinski definition) is 1. The molecular formula is C15H23N5O. The molecule has 1 saturated heterocycles. The van der Waals surface area contributed by atoms with Crippen molar-refractivity contribution in [3.8, 4) is 0 Å². The summed E-state index contributed by atoms with van der Waals surface area (Å²) in [7, 11) is 0. The summed E-state index contributed by atoms with van der Waals surface area (Å²) < 4.78 is 0. The van der Waals surface area contributed by atoms with E-state index < -0.39 is 0 Å². The molecule has 0 bridgehead atoms. The Bertz CT molecular complexity index is 523. The predicted molar refractivity (Wildman–Crippen MR) is 81.5 cm³/mol. The maximum absolute atomic E-state index is 12.0. The lowest BCUT2D eigenvalue weighted by atomic mass is 10.2. The van der Waals surface area contributed by atoms with E-state index in [9.17, 15) is 4.79 Å². The zero-order valence-electron chi connectivity index (χ0n) is 12.8. The number of aromatic nitrogens is 2. The second-order valence-corrected chi connectivity index (χ2v) is 6.11. The number of nitrogens with one attached hydrogen (secondary N) is 1. The zero-order valence-corrected chi connectivity index (χ0v) is 12.8. The summed E-state index contributed by atoms with van der Waals surface area (Å²) in [5.41, 5.74) is 2.51. The molecule has 0 aromatic carbocycles. The SMILES string of the molecule is CC(C)NC(=O)N1CCN(c2cc3c(nn2)CCC3)CC1. The van der Waals surface area contributed by atoms with Gasteiger partial charge in [0, 0.05) is 32.2 Å². The van der Waals surface area contributed by atoms with Crippen molar-refractivity contribution in [3.05, 3.63) is 17.3 Å². The number of fused-ring (bicyclic) bond motifs is 1. The molecule has 21 heavy (non-hydrogen) atoms. The van der Waals surface area contributed by atoms with E-state index in [1.165, 1.54) is 12.0 Å². The summed E-state index contributed by atoms with van der Waals surface area (Å²) in [5, 5.41) is 11.6. The van der Waals surface area contributed by atoms with E-state index in [4.69, 9.17) is 0 Å². The summed E-state index contributed by atoms with van der Waals surface area (Å²) in [5.74, 6) is 0.958. The normalized spacial score (nSPS) is 18.0. The molecule has 3 rings (SSSR count). The zero-order chi connectivity index (χ0) is 14.8. The lowest BCUT2D eigenvalue weighted by Crippen LogP contribution is -2.53. The maximum Gasteiger partial charge on any atom is 0.317 e. The number of aryl methyl sites for hydroxylation is 2. The monoisotopic (exact) mass is 289 g/mol. The van der Waals surface area contributed by atoms with Gasteiger partial charge in [-0.05, 0) is 44.7 Å². The largest absolute Gasteiger partial charge is 0.352 e. The van der Waals surface area contributed by atoms with Gasteiger partial charge in [0.25, 0.3) is 0 Å². The standard InChI is InChI=1S/C15H23N5O/c1-11(2)16-15(21)20-8-6-19(7-9-20)14-10-12-4-3-5-13(12)17-18-14/h10-11H,3-9H2,1-2H3,(H,16,21). The maximum atomic E-state index is 12.0. The molecule has 0 atom stereocenters. The number of nitrogens with zero attached hydrogens (tertiary/aromatic N) is 4. The molecule has 0 spiro atoms. The number of amides is 2. The van der Waals surface area contributed by atoms with Crippen LogP contribution in [0.4, 0.5) is 10.6 Å². The molecule has 2 amide bonds. The lowest BCUT2D eigenvalue weighted by molar-refractivity contribution is 0.191. The Labute approximate surface area is 125 Å². The first-order valence-corrected chi connectivity index (χ1v) is 7.79. The summed E-state index contributed by atoms with van der Waals surface area (Å²) in [4.78, 5) is 16.1. The van der Waals surface area contributed by atoms with Gasteiger partial charge in [-0.15, -0.1) is 5.10 Å². The highest BCUT2D eigenvalue weighted by atomic mass is 16.2. The summed E-state index contributed by atoms with van der Waals surface area (Å²) in [6.07, 6.45) is 3.37. The first-order chi connectivity index (χ1) is 10.1. The molecule has 1 fully saturated rings. The van der Waals surface area contributed by atoms with E-state index in [2.05, 4.69) is 26.5 Å². The van der Waals surface area contributed by atoms with Crippen LogP contribution in [0, 0.1) is 0 Å². The van der Waals surface area contributed by atoms with E-state index in [1.54, 1.807) is 0 Å². The minimum Gasteiger partial charge on any atom is -0.352 e. The van der Waals surface area contributed by atoms with Crippen LogP contribution in [0.25, 0.3) is 0 Å². The van der Waals surface area contributed by atoms with Crippen molar-refractivity contribution in [1.29, 1.82) is 0 Å². The van der Waals surface area contributed by atoms with Gasteiger partial charge in [0.2, 0.25) is 0 Å². The molecule has 0 unspecified atom stereocenters. The Morgan fingerprint density at radius 1 is 1.19 bits per heavy atom. The van der Waals surface area contributed by atoms with Crippen LogP contribution in [-0.4, -0.2) is 53.3 Å². The van der Waals surface area contributed by atoms with Crippen LogP contribution in [0.2, 0.25) is 0 Å². The van der Waals surface area contributed by atoms with Gasteiger partial charge >= 0.3 is 6.03 Å². The Kier molecular flexibility index (Phi) is 3.94. The fourth-order valence-electron chi connectivity index (χ4n) is 2.95. The van der Waals surface area contributed by atoms with Gasteiger partial charge in [0.1, 0.15) is 0 Å². The van der Waals surface area contributed by atoms with Gasteiger partial charge < -0.3 is 15.1 Å². The van der Waals surface area contributed by atoms with Gasteiger partial charge in [-0.1, -0.05) is 0 Å². The molecule has 2 heterocycles. The fraction of sp³-hybridized carbons (Fsp3) is 0.667. The Hall–Kier alpha value is -1.85. The van der Waals surface area contributed by atoms with Crippen LogP contribution in [0.3, 0.4) is 0 Å². The van der Waals surface area contributed by atoms with Crippen molar-refractivity contribution in [1.82, 2.24) is 20.4 Å². The van der Waals surface area contributed by atoms with E-state index in [-0.39, 0.29) is 12.1 Å². The molecule has 6 heteroatoms.